The molecule has 0 amide bonds. The summed E-state index contributed by atoms with van der Waals surface area (Å²) in [4.78, 5) is 17.2. The fourth-order valence-corrected chi connectivity index (χ4v) is 3.53. The number of hydrogen-bond acceptors (Lipinski definition) is 5. The maximum absolute atomic E-state index is 12.4. The van der Waals surface area contributed by atoms with Crippen LogP contribution in [0.2, 0.25) is 0 Å². The number of carbonyl (C=O) groups excluding carboxylic acids is 1. The van der Waals surface area contributed by atoms with E-state index in [9.17, 15) is 4.79 Å². The first-order valence-corrected chi connectivity index (χ1v) is 8.36. The van der Waals surface area contributed by atoms with Gasteiger partial charge in [0.2, 0.25) is 0 Å². The van der Waals surface area contributed by atoms with Crippen LogP contribution < -0.4 is 5.32 Å². The van der Waals surface area contributed by atoms with Gasteiger partial charge in [-0.25, -0.2) is 4.79 Å². The van der Waals surface area contributed by atoms with E-state index in [-0.39, 0.29) is 5.97 Å². The largest absolute Gasteiger partial charge is 0.468 e. The van der Waals surface area contributed by atoms with Crippen LogP contribution in [-0.4, -0.2) is 74.7 Å². The molecule has 5 heteroatoms. The van der Waals surface area contributed by atoms with Gasteiger partial charge in [0, 0.05) is 19.6 Å². The molecule has 1 unspecified atom stereocenters. The zero-order chi connectivity index (χ0) is 15.3. The maximum atomic E-state index is 12.4. The minimum absolute atomic E-state index is 0.0973. The second-order valence-electron chi connectivity index (χ2n) is 6.55. The van der Waals surface area contributed by atoms with Gasteiger partial charge in [0.1, 0.15) is 5.54 Å². The van der Waals surface area contributed by atoms with Crippen molar-refractivity contribution in [3.05, 3.63) is 0 Å². The Kier molecular flexibility index (Phi) is 6.02. The monoisotopic (exact) mass is 297 g/mol. The summed E-state index contributed by atoms with van der Waals surface area (Å²) in [5.41, 5.74) is -0.511. The van der Waals surface area contributed by atoms with E-state index >= 15 is 0 Å². The highest BCUT2D eigenvalue weighted by molar-refractivity contribution is 5.82. The fraction of sp³-hybridized carbons (Fsp3) is 0.938. The normalized spacial score (nSPS) is 22.5. The molecule has 0 spiro atoms. The predicted octanol–water partition coefficient (Wildman–Crippen LogP) is 0.945. The van der Waals surface area contributed by atoms with Gasteiger partial charge in [-0.1, -0.05) is 6.92 Å². The standard InChI is InChI=1S/C16H31N3O2/c1-4-17-16(14-7-8-14,15(20)21-3)13-18(2)11-12-19-9-5-6-10-19/h14,17H,4-13H2,1-3H3. The molecule has 1 N–H and O–H groups in total. The van der Waals surface area contributed by atoms with Crippen molar-refractivity contribution < 1.29 is 9.53 Å². The molecular weight excluding hydrogens is 266 g/mol. The van der Waals surface area contributed by atoms with E-state index in [1.807, 2.05) is 0 Å². The van der Waals surface area contributed by atoms with Gasteiger partial charge in [-0.05, 0) is 58.3 Å². The first-order valence-electron chi connectivity index (χ1n) is 8.36. The van der Waals surface area contributed by atoms with E-state index in [4.69, 9.17) is 4.74 Å². The third-order valence-corrected chi connectivity index (χ3v) is 4.83. The van der Waals surface area contributed by atoms with Gasteiger partial charge in [0.25, 0.3) is 0 Å². The summed E-state index contributed by atoms with van der Waals surface area (Å²) in [6, 6.07) is 0. The molecule has 1 aliphatic heterocycles. The van der Waals surface area contributed by atoms with Crippen LogP contribution in [-0.2, 0) is 9.53 Å². The summed E-state index contributed by atoms with van der Waals surface area (Å²) < 4.78 is 5.11. The van der Waals surface area contributed by atoms with E-state index < -0.39 is 5.54 Å². The Morgan fingerprint density at radius 3 is 2.57 bits per heavy atom. The van der Waals surface area contributed by atoms with Crippen molar-refractivity contribution in [2.24, 2.45) is 5.92 Å². The number of likely N-dealkylation sites (N-methyl/N-ethyl adjacent to an activating group) is 2. The van der Waals surface area contributed by atoms with E-state index in [0.717, 1.165) is 39.0 Å². The van der Waals surface area contributed by atoms with Gasteiger partial charge in [0.15, 0.2) is 0 Å². The molecule has 1 atom stereocenters. The second-order valence-corrected chi connectivity index (χ2v) is 6.55. The van der Waals surface area contributed by atoms with Crippen molar-refractivity contribution in [1.82, 2.24) is 15.1 Å². The Bertz CT molecular complexity index is 340. The van der Waals surface area contributed by atoms with Crippen LogP contribution >= 0.6 is 0 Å². The van der Waals surface area contributed by atoms with Crippen molar-refractivity contribution in [2.75, 3.05) is 53.4 Å². The number of ether oxygens (including phenoxy) is 1. The zero-order valence-corrected chi connectivity index (χ0v) is 13.9. The Hall–Kier alpha value is -0.650. The van der Waals surface area contributed by atoms with E-state index in [1.54, 1.807) is 0 Å². The molecule has 2 aliphatic rings. The van der Waals surface area contributed by atoms with Gasteiger partial charge < -0.3 is 19.9 Å². The summed E-state index contributed by atoms with van der Waals surface area (Å²) in [6.07, 6.45) is 4.91. The fourth-order valence-electron chi connectivity index (χ4n) is 3.53. The Morgan fingerprint density at radius 2 is 2.05 bits per heavy atom. The summed E-state index contributed by atoms with van der Waals surface area (Å²) >= 11 is 0. The summed E-state index contributed by atoms with van der Waals surface area (Å²) in [7, 11) is 3.62. The highest BCUT2D eigenvalue weighted by Crippen LogP contribution is 2.40. The van der Waals surface area contributed by atoms with Crippen LogP contribution in [0, 0.1) is 5.92 Å². The lowest BCUT2D eigenvalue weighted by Crippen LogP contribution is -2.61. The third kappa shape index (κ3) is 4.18. The minimum atomic E-state index is -0.511. The Balaban J connectivity index is 1.91. The van der Waals surface area contributed by atoms with Gasteiger partial charge in [-0.15, -0.1) is 0 Å². The minimum Gasteiger partial charge on any atom is -0.468 e. The molecule has 0 radical (unpaired) electrons. The topological polar surface area (TPSA) is 44.8 Å². The van der Waals surface area contributed by atoms with Crippen LogP contribution in [0.3, 0.4) is 0 Å². The Labute approximate surface area is 129 Å². The number of esters is 1. The van der Waals surface area contributed by atoms with Gasteiger partial charge in [-0.3, -0.25) is 0 Å². The smallest absolute Gasteiger partial charge is 0.327 e. The van der Waals surface area contributed by atoms with Crippen LogP contribution in [0.25, 0.3) is 0 Å². The lowest BCUT2D eigenvalue weighted by Gasteiger charge is -2.36. The van der Waals surface area contributed by atoms with Crippen LogP contribution in [0.4, 0.5) is 0 Å². The number of hydrogen-bond donors (Lipinski definition) is 1. The highest BCUT2D eigenvalue weighted by Gasteiger charge is 2.51. The molecule has 0 aromatic carbocycles. The maximum Gasteiger partial charge on any atom is 0.327 e. The average molecular weight is 297 g/mol. The molecule has 21 heavy (non-hydrogen) atoms. The highest BCUT2D eigenvalue weighted by atomic mass is 16.5. The summed E-state index contributed by atoms with van der Waals surface area (Å²) in [5.74, 6) is 0.332. The number of nitrogens with one attached hydrogen (secondary N) is 1. The first-order chi connectivity index (χ1) is 10.1. The van der Waals surface area contributed by atoms with Crippen LogP contribution in [0.5, 0.6) is 0 Å². The van der Waals surface area contributed by atoms with Crippen molar-refractivity contribution in [3.63, 3.8) is 0 Å². The lowest BCUT2D eigenvalue weighted by atomic mass is 9.92. The van der Waals surface area contributed by atoms with Crippen molar-refractivity contribution >= 4 is 5.97 Å². The Morgan fingerprint density at radius 1 is 1.38 bits per heavy atom. The number of likely N-dealkylation sites (tertiary alicyclic amines) is 1. The van der Waals surface area contributed by atoms with E-state index in [0.29, 0.717) is 5.92 Å². The van der Waals surface area contributed by atoms with Gasteiger partial charge >= 0.3 is 5.97 Å². The number of carbonyl (C=O) groups is 1. The summed E-state index contributed by atoms with van der Waals surface area (Å²) in [5, 5.41) is 3.44. The summed E-state index contributed by atoms with van der Waals surface area (Å²) in [6.45, 7) is 8.17. The molecule has 1 aliphatic carbocycles. The molecule has 2 fully saturated rings. The van der Waals surface area contributed by atoms with Crippen LogP contribution in [0.1, 0.15) is 32.6 Å². The first kappa shape index (κ1) is 16.7. The lowest BCUT2D eigenvalue weighted by molar-refractivity contribution is -0.150. The molecule has 2 rings (SSSR count). The average Bonchev–Trinajstić information content (AvgIpc) is 3.21. The quantitative estimate of drug-likeness (QED) is 0.642. The second kappa shape index (κ2) is 7.56. The van der Waals surface area contributed by atoms with Crippen molar-refractivity contribution in [1.29, 1.82) is 0 Å². The number of rotatable bonds is 9. The SMILES string of the molecule is CCNC(CN(C)CCN1CCCC1)(C(=O)OC)C1CC1. The molecule has 0 bridgehead atoms. The van der Waals surface area contributed by atoms with Crippen molar-refractivity contribution in [3.8, 4) is 0 Å². The molecular formula is C16H31N3O2. The molecule has 1 heterocycles. The van der Waals surface area contributed by atoms with Crippen LogP contribution in [0.15, 0.2) is 0 Å². The molecule has 0 aromatic heterocycles. The van der Waals surface area contributed by atoms with E-state index in [2.05, 4.69) is 29.1 Å². The van der Waals surface area contributed by atoms with Crippen molar-refractivity contribution in [2.45, 2.75) is 38.1 Å². The number of methoxy groups -OCH3 is 1. The van der Waals surface area contributed by atoms with Gasteiger partial charge in [0.05, 0.1) is 7.11 Å². The third-order valence-electron chi connectivity index (χ3n) is 4.83. The molecule has 5 nitrogen and oxygen atoms in total. The molecule has 1 saturated carbocycles. The number of nitrogens with zero attached hydrogens (tertiary/aromatic N) is 2. The molecule has 1 saturated heterocycles. The molecule has 122 valence electrons. The van der Waals surface area contributed by atoms with Gasteiger partial charge in [-0.2, -0.15) is 0 Å². The molecule has 0 aromatic rings. The van der Waals surface area contributed by atoms with E-state index in [1.165, 1.54) is 33.0 Å². The predicted molar refractivity (Wildman–Crippen MR) is 84.3 cm³/mol. The zero-order valence-electron chi connectivity index (χ0n) is 13.9.